The zero-order valence-electron chi connectivity index (χ0n) is 17.6. The van der Waals surface area contributed by atoms with E-state index in [1.807, 2.05) is 55.6 Å². The molecular formula is C26H22F3N3. The van der Waals surface area contributed by atoms with Gasteiger partial charge >= 0.3 is 6.18 Å². The number of benzene rings is 3. The highest BCUT2D eigenvalue weighted by Gasteiger charge is 2.35. The highest BCUT2D eigenvalue weighted by molar-refractivity contribution is 5.69. The summed E-state index contributed by atoms with van der Waals surface area (Å²) < 4.78 is 43.0. The van der Waals surface area contributed by atoms with Crippen molar-refractivity contribution in [3.05, 3.63) is 90.1 Å². The molecule has 0 N–H and O–H groups in total. The van der Waals surface area contributed by atoms with E-state index in [1.165, 1.54) is 17.7 Å². The molecule has 1 aliphatic heterocycles. The average Bonchev–Trinajstić information content (AvgIpc) is 3.16. The van der Waals surface area contributed by atoms with Gasteiger partial charge in [-0.1, -0.05) is 60.2 Å². The van der Waals surface area contributed by atoms with E-state index in [9.17, 15) is 13.2 Å². The monoisotopic (exact) mass is 433 g/mol. The van der Waals surface area contributed by atoms with Crippen molar-refractivity contribution in [1.82, 2.24) is 9.55 Å². The summed E-state index contributed by atoms with van der Waals surface area (Å²) in [5, 5.41) is 0. The third kappa shape index (κ3) is 3.77. The Labute approximate surface area is 184 Å². The van der Waals surface area contributed by atoms with Gasteiger partial charge < -0.3 is 4.90 Å². The number of rotatable bonds is 4. The highest BCUT2D eigenvalue weighted by Crippen LogP contribution is 2.38. The number of nitrogens with zero attached hydrogens (tertiary/aromatic N) is 3. The minimum absolute atomic E-state index is 0.0783. The molecule has 1 aliphatic rings. The van der Waals surface area contributed by atoms with Gasteiger partial charge in [0.15, 0.2) is 0 Å². The van der Waals surface area contributed by atoms with Crippen molar-refractivity contribution in [2.75, 3.05) is 18.0 Å². The first kappa shape index (κ1) is 20.4. The summed E-state index contributed by atoms with van der Waals surface area (Å²) in [4.78, 5) is 6.71. The van der Waals surface area contributed by atoms with Crippen LogP contribution in [0.2, 0.25) is 0 Å². The summed E-state index contributed by atoms with van der Waals surface area (Å²) in [5.74, 6) is 0.995. The molecule has 0 aliphatic carbocycles. The van der Waals surface area contributed by atoms with Crippen LogP contribution in [0.25, 0.3) is 28.2 Å². The summed E-state index contributed by atoms with van der Waals surface area (Å²) in [6, 6.07) is 21.7. The van der Waals surface area contributed by atoms with Crippen LogP contribution in [-0.4, -0.2) is 22.6 Å². The fourth-order valence-electron chi connectivity index (χ4n) is 4.02. The molecule has 0 bridgehead atoms. The molecule has 2 heterocycles. The van der Waals surface area contributed by atoms with E-state index in [0.29, 0.717) is 11.6 Å². The quantitative estimate of drug-likeness (QED) is 0.355. The van der Waals surface area contributed by atoms with Gasteiger partial charge in [-0.2, -0.15) is 13.2 Å². The van der Waals surface area contributed by atoms with Crippen molar-refractivity contribution in [3.8, 4) is 28.2 Å². The molecule has 1 saturated heterocycles. The molecule has 6 heteroatoms. The topological polar surface area (TPSA) is 21.1 Å². The van der Waals surface area contributed by atoms with Gasteiger partial charge in [-0.05, 0) is 42.7 Å². The van der Waals surface area contributed by atoms with Crippen LogP contribution in [0, 0.1) is 6.92 Å². The fraction of sp³-hybridized carbons (Fsp3) is 0.192. The molecule has 162 valence electrons. The smallest absolute Gasteiger partial charge is 0.355 e. The summed E-state index contributed by atoms with van der Waals surface area (Å²) in [7, 11) is 0. The second-order valence-electron chi connectivity index (χ2n) is 8.09. The summed E-state index contributed by atoms with van der Waals surface area (Å²) >= 11 is 0. The first-order valence-corrected chi connectivity index (χ1v) is 10.6. The van der Waals surface area contributed by atoms with Crippen LogP contribution in [-0.2, 0) is 6.18 Å². The Bertz CT molecular complexity index is 1250. The second-order valence-corrected chi connectivity index (χ2v) is 8.09. The third-order valence-corrected chi connectivity index (χ3v) is 5.84. The molecule has 0 unspecified atom stereocenters. The number of hydrogen-bond acceptors (Lipinski definition) is 2. The molecule has 4 aromatic rings. The predicted octanol–water partition coefficient (Wildman–Crippen LogP) is 6.74. The third-order valence-electron chi connectivity index (χ3n) is 5.84. The van der Waals surface area contributed by atoms with Crippen LogP contribution in [0.5, 0.6) is 0 Å². The van der Waals surface area contributed by atoms with E-state index in [1.54, 1.807) is 10.6 Å². The van der Waals surface area contributed by atoms with Crippen molar-refractivity contribution < 1.29 is 13.2 Å². The molecule has 0 atom stereocenters. The van der Waals surface area contributed by atoms with Crippen molar-refractivity contribution in [2.45, 2.75) is 19.5 Å². The van der Waals surface area contributed by atoms with E-state index in [2.05, 4.69) is 16.0 Å². The van der Waals surface area contributed by atoms with Crippen molar-refractivity contribution >= 4 is 5.82 Å². The van der Waals surface area contributed by atoms with Crippen LogP contribution in [0.15, 0.2) is 79.0 Å². The van der Waals surface area contributed by atoms with Crippen LogP contribution >= 0.6 is 0 Å². The van der Waals surface area contributed by atoms with Gasteiger partial charge in [0, 0.05) is 24.3 Å². The maximum absolute atomic E-state index is 13.7. The van der Waals surface area contributed by atoms with Gasteiger partial charge in [0.1, 0.15) is 11.6 Å². The number of imidazole rings is 1. The fourth-order valence-corrected chi connectivity index (χ4v) is 4.02. The first-order valence-electron chi connectivity index (χ1n) is 10.6. The molecule has 1 fully saturated rings. The number of hydrogen-bond donors (Lipinski definition) is 0. The standard InChI is InChI=1S/C26H22F3N3/c1-18-6-4-7-20(16-18)19-10-12-21(13-11-19)32-17-24(31-14-5-15-31)30-25(32)22-8-2-3-9-23(22)26(27,28)29/h2-4,6-13,16-17H,5,14-15H2,1H3. The Morgan fingerprint density at radius 2 is 1.59 bits per heavy atom. The number of aryl methyl sites for hydroxylation is 1. The Morgan fingerprint density at radius 3 is 2.25 bits per heavy atom. The Hall–Kier alpha value is -3.54. The molecule has 0 radical (unpaired) electrons. The maximum Gasteiger partial charge on any atom is 0.417 e. The number of anilines is 1. The molecule has 3 nitrogen and oxygen atoms in total. The van der Waals surface area contributed by atoms with Crippen LogP contribution in [0.3, 0.4) is 0 Å². The lowest BCUT2D eigenvalue weighted by atomic mass is 10.0. The average molecular weight is 433 g/mol. The summed E-state index contributed by atoms with van der Waals surface area (Å²) in [6.45, 7) is 3.78. The van der Waals surface area contributed by atoms with Gasteiger partial charge in [-0.3, -0.25) is 4.57 Å². The van der Waals surface area contributed by atoms with Crippen molar-refractivity contribution in [1.29, 1.82) is 0 Å². The largest absolute Gasteiger partial charge is 0.417 e. The number of alkyl halides is 3. The normalized spacial score (nSPS) is 13.8. The lowest BCUT2D eigenvalue weighted by Gasteiger charge is -2.30. The zero-order valence-corrected chi connectivity index (χ0v) is 17.6. The molecule has 0 spiro atoms. The SMILES string of the molecule is Cc1cccc(-c2ccc(-n3cc(N4CCC4)nc3-c3ccccc3C(F)(F)F)cc2)c1. The van der Waals surface area contributed by atoms with Crippen LogP contribution in [0.4, 0.5) is 19.0 Å². The number of halogens is 3. The molecule has 0 saturated carbocycles. The summed E-state index contributed by atoms with van der Waals surface area (Å²) in [6.07, 6.45) is -1.56. The zero-order chi connectivity index (χ0) is 22.3. The van der Waals surface area contributed by atoms with Crippen molar-refractivity contribution in [3.63, 3.8) is 0 Å². The van der Waals surface area contributed by atoms with Crippen LogP contribution in [0.1, 0.15) is 17.5 Å². The lowest BCUT2D eigenvalue weighted by Crippen LogP contribution is -2.37. The van der Waals surface area contributed by atoms with Gasteiger partial charge in [-0.15, -0.1) is 0 Å². The van der Waals surface area contributed by atoms with Gasteiger partial charge in [0.25, 0.3) is 0 Å². The Balaban J connectivity index is 1.61. The van der Waals surface area contributed by atoms with E-state index >= 15 is 0 Å². The Kier molecular flexibility index (Phi) is 5.00. The Morgan fingerprint density at radius 1 is 0.844 bits per heavy atom. The molecule has 32 heavy (non-hydrogen) atoms. The van der Waals surface area contributed by atoms with Crippen LogP contribution < -0.4 is 4.90 Å². The molecular weight excluding hydrogens is 411 g/mol. The second kappa shape index (κ2) is 7.86. The highest BCUT2D eigenvalue weighted by atomic mass is 19.4. The predicted molar refractivity (Wildman–Crippen MR) is 121 cm³/mol. The van der Waals surface area contributed by atoms with E-state index in [0.717, 1.165) is 42.4 Å². The molecule has 5 rings (SSSR count). The molecule has 3 aromatic carbocycles. The van der Waals surface area contributed by atoms with Crippen molar-refractivity contribution in [2.24, 2.45) is 0 Å². The van der Waals surface area contributed by atoms with Gasteiger partial charge in [0.2, 0.25) is 0 Å². The minimum Gasteiger partial charge on any atom is -0.355 e. The molecule has 0 amide bonds. The first-order chi connectivity index (χ1) is 15.4. The number of aromatic nitrogens is 2. The molecule has 1 aromatic heterocycles. The van der Waals surface area contributed by atoms with E-state index in [4.69, 9.17) is 0 Å². The maximum atomic E-state index is 13.7. The van der Waals surface area contributed by atoms with Gasteiger partial charge in [-0.25, -0.2) is 4.98 Å². The minimum atomic E-state index is -4.46. The van der Waals surface area contributed by atoms with E-state index in [-0.39, 0.29) is 5.56 Å². The summed E-state index contributed by atoms with van der Waals surface area (Å²) in [5.41, 5.74) is 3.50. The lowest BCUT2D eigenvalue weighted by molar-refractivity contribution is -0.137. The van der Waals surface area contributed by atoms with Gasteiger partial charge in [0.05, 0.1) is 11.8 Å². The van der Waals surface area contributed by atoms with E-state index < -0.39 is 11.7 Å².